The topological polar surface area (TPSA) is 38.1 Å². The number of benzene rings is 1. The Morgan fingerprint density at radius 2 is 1.85 bits per heavy atom. The van der Waals surface area contributed by atoms with E-state index in [0.717, 1.165) is 37.3 Å². The molecular weight excluding hydrogens is 274 g/mol. The molecule has 1 aliphatic rings. The Morgan fingerprint density at radius 3 is 2.50 bits per heavy atom. The third kappa shape index (κ3) is 2.43. The summed E-state index contributed by atoms with van der Waals surface area (Å²) in [7, 11) is 0. The molecule has 2 aromatic rings. The Kier molecular flexibility index (Phi) is 3.49. The van der Waals surface area contributed by atoms with E-state index in [4.69, 9.17) is 11.6 Å². The second kappa shape index (κ2) is 5.29. The molecule has 5 heteroatoms. The summed E-state index contributed by atoms with van der Waals surface area (Å²) in [5.74, 6) is 0.0262. The van der Waals surface area contributed by atoms with E-state index in [0.29, 0.717) is 10.7 Å². The fraction of sp³-hybridized carbons (Fsp3) is 0.333. The number of hydrogen-bond donors (Lipinski definition) is 0. The lowest BCUT2D eigenvalue weighted by atomic mass is 10.3. The number of likely N-dealkylation sites (tertiary alicyclic amines) is 1. The van der Waals surface area contributed by atoms with Crippen LogP contribution in [0, 0.1) is 6.92 Å². The second-order valence-electron chi connectivity index (χ2n) is 5.06. The summed E-state index contributed by atoms with van der Waals surface area (Å²) in [6.07, 6.45) is 2.17. The maximum atomic E-state index is 12.3. The van der Waals surface area contributed by atoms with Gasteiger partial charge in [-0.25, -0.2) is 4.68 Å². The lowest BCUT2D eigenvalue weighted by Crippen LogP contribution is -2.28. The summed E-state index contributed by atoms with van der Waals surface area (Å²) in [6.45, 7) is 3.62. The molecule has 1 aliphatic heterocycles. The van der Waals surface area contributed by atoms with Crippen molar-refractivity contribution in [2.45, 2.75) is 19.8 Å². The van der Waals surface area contributed by atoms with Crippen molar-refractivity contribution < 1.29 is 4.79 Å². The number of nitrogens with zero attached hydrogens (tertiary/aromatic N) is 3. The van der Waals surface area contributed by atoms with Gasteiger partial charge in [0.1, 0.15) is 0 Å². The molecule has 1 fully saturated rings. The second-order valence-corrected chi connectivity index (χ2v) is 5.49. The molecule has 0 unspecified atom stereocenters. The zero-order chi connectivity index (χ0) is 14.1. The van der Waals surface area contributed by atoms with E-state index in [2.05, 4.69) is 5.10 Å². The van der Waals surface area contributed by atoms with Crippen molar-refractivity contribution in [2.24, 2.45) is 0 Å². The molecule has 1 aromatic carbocycles. The van der Waals surface area contributed by atoms with Gasteiger partial charge < -0.3 is 4.90 Å². The van der Waals surface area contributed by atoms with E-state index < -0.39 is 0 Å². The average molecular weight is 290 g/mol. The Hall–Kier alpha value is -1.81. The fourth-order valence-corrected chi connectivity index (χ4v) is 2.63. The highest BCUT2D eigenvalue weighted by atomic mass is 35.5. The molecule has 1 amide bonds. The SMILES string of the molecule is Cc1cc(C(=O)N2CCCC2)nn1-c1ccc(Cl)cc1. The third-order valence-electron chi connectivity index (χ3n) is 3.57. The van der Waals surface area contributed by atoms with Crippen molar-refractivity contribution in [2.75, 3.05) is 13.1 Å². The van der Waals surface area contributed by atoms with Crippen LogP contribution < -0.4 is 0 Å². The molecule has 0 spiro atoms. The van der Waals surface area contributed by atoms with Crippen LogP contribution in [0.3, 0.4) is 0 Å². The fourth-order valence-electron chi connectivity index (χ4n) is 2.50. The minimum Gasteiger partial charge on any atom is -0.337 e. The number of aromatic nitrogens is 2. The molecular formula is C15H16ClN3O. The predicted molar refractivity (Wildman–Crippen MR) is 78.4 cm³/mol. The lowest BCUT2D eigenvalue weighted by Gasteiger charge is -2.12. The summed E-state index contributed by atoms with van der Waals surface area (Å²) in [6, 6.07) is 9.27. The van der Waals surface area contributed by atoms with E-state index in [-0.39, 0.29) is 5.91 Å². The van der Waals surface area contributed by atoms with Crippen LogP contribution in [0.2, 0.25) is 5.02 Å². The van der Waals surface area contributed by atoms with Crippen LogP contribution in [0.5, 0.6) is 0 Å². The van der Waals surface area contributed by atoms with E-state index in [9.17, 15) is 4.79 Å². The van der Waals surface area contributed by atoms with E-state index in [1.54, 1.807) is 4.68 Å². The zero-order valence-electron chi connectivity index (χ0n) is 11.3. The van der Waals surface area contributed by atoms with Crippen LogP contribution in [0.4, 0.5) is 0 Å². The molecule has 20 heavy (non-hydrogen) atoms. The monoisotopic (exact) mass is 289 g/mol. The molecule has 0 aliphatic carbocycles. The molecule has 0 radical (unpaired) electrons. The molecule has 0 saturated carbocycles. The van der Waals surface area contributed by atoms with Gasteiger partial charge in [0.15, 0.2) is 5.69 Å². The first-order valence-corrected chi connectivity index (χ1v) is 7.15. The minimum atomic E-state index is 0.0262. The van der Waals surface area contributed by atoms with Crippen molar-refractivity contribution in [1.29, 1.82) is 0 Å². The maximum Gasteiger partial charge on any atom is 0.274 e. The van der Waals surface area contributed by atoms with Crippen molar-refractivity contribution in [3.63, 3.8) is 0 Å². The van der Waals surface area contributed by atoms with Crippen LogP contribution >= 0.6 is 11.6 Å². The number of amides is 1. The quantitative estimate of drug-likeness (QED) is 0.852. The first kappa shape index (κ1) is 13.2. The molecule has 1 aromatic heterocycles. The molecule has 0 bridgehead atoms. The molecule has 0 atom stereocenters. The molecule has 2 heterocycles. The van der Waals surface area contributed by atoms with Gasteiger partial charge in [-0.2, -0.15) is 5.10 Å². The van der Waals surface area contributed by atoms with Gasteiger partial charge in [0.2, 0.25) is 0 Å². The predicted octanol–water partition coefficient (Wildman–Crippen LogP) is 3.07. The standard InChI is InChI=1S/C15H16ClN3O/c1-11-10-14(15(20)18-8-2-3-9-18)17-19(11)13-6-4-12(16)5-7-13/h4-7,10H,2-3,8-9H2,1H3. The highest BCUT2D eigenvalue weighted by molar-refractivity contribution is 6.30. The average Bonchev–Trinajstić information content (AvgIpc) is 3.08. The Balaban J connectivity index is 1.90. The Morgan fingerprint density at radius 1 is 1.20 bits per heavy atom. The smallest absolute Gasteiger partial charge is 0.274 e. The van der Waals surface area contributed by atoms with Gasteiger partial charge in [-0.15, -0.1) is 0 Å². The van der Waals surface area contributed by atoms with Gasteiger partial charge in [0.05, 0.1) is 5.69 Å². The van der Waals surface area contributed by atoms with Gasteiger partial charge in [-0.05, 0) is 50.1 Å². The first-order chi connectivity index (χ1) is 9.65. The van der Waals surface area contributed by atoms with Crippen LogP contribution in [-0.2, 0) is 0 Å². The number of rotatable bonds is 2. The summed E-state index contributed by atoms with van der Waals surface area (Å²) in [5.41, 5.74) is 2.36. The number of carbonyl (C=O) groups is 1. The Labute approximate surface area is 123 Å². The zero-order valence-corrected chi connectivity index (χ0v) is 12.1. The number of carbonyl (C=O) groups excluding carboxylic acids is 1. The van der Waals surface area contributed by atoms with Crippen LogP contribution in [0.15, 0.2) is 30.3 Å². The van der Waals surface area contributed by atoms with E-state index in [1.807, 2.05) is 42.2 Å². The van der Waals surface area contributed by atoms with E-state index >= 15 is 0 Å². The molecule has 3 rings (SSSR count). The van der Waals surface area contributed by atoms with Gasteiger partial charge >= 0.3 is 0 Å². The van der Waals surface area contributed by atoms with E-state index in [1.165, 1.54) is 0 Å². The van der Waals surface area contributed by atoms with Gasteiger partial charge in [-0.1, -0.05) is 11.6 Å². The number of aryl methyl sites for hydroxylation is 1. The minimum absolute atomic E-state index is 0.0262. The van der Waals surface area contributed by atoms with Gasteiger partial charge in [0, 0.05) is 23.8 Å². The normalized spacial score (nSPS) is 14.8. The molecule has 104 valence electrons. The first-order valence-electron chi connectivity index (χ1n) is 6.77. The maximum absolute atomic E-state index is 12.3. The summed E-state index contributed by atoms with van der Waals surface area (Å²) in [5, 5.41) is 5.12. The highest BCUT2D eigenvalue weighted by Crippen LogP contribution is 2.17. The molecule has 1 saturated heterocycles. The summed E-state index contributed by atoms with van der Waals surface area (Å²) in [4.78, 5) is 14.2. The van der Waals surface area contributed by atoms with Crippen LogP contribution in [0.1, 0.15) is 29.0 Å². The number of hydrogen-bond acceptors (Lipinski definition) is 2. The van der Waals surface area contributed by atoms with Crippen LogP contribution in [-0.4, -0.2) is 33.7 Å². The van der Waals surface area contributed by atoms with Crippen LogP contribution in [0.25, 0.3) is 5.69 Å². The highest BCUT2D eigenvalue weighted by Gasteiger charge is 2.22. The lowest BCUT2D eigenvalue weighted by molar-refractivity contribution is 0.0786. The Bertz CT molecular complexity index is 627. The van der Waals surface area contributed by atoms with Gasteiger partial charge in [0.25, 0.3) is 5.91 Å². The van der Waals surface area contributed by atoms with Gasteiger partial charge in [-0.3, -0.25) is 4.79 Å². The molecule has 4 nitrogen and oxygen atoms in total. The number of halogens is 1. The van der Waals surface area contributed by atoms with Crippen molar-refractivity contribution in [3.05, 3.63) is 46.7 Å². The third-order valence-corrected chi connectivity index (χ3v) is 3.82. The molecule has 0 N–H and O–H groups in total. The van der Waals surface area contributed by atoms with Crippen molar-refractivity contribution in [3.8, 4) is 5.69 Å². The largest absolute Gasteiger partial charge is 0.337 e. The van der Waals surface area contributed by atoms with Crippen molar-refractivity contribution >= 4 is 17.5 Å². The summed E-state index contributed by atoms with van der Waals surface area (Å²) >= 11 is 5.89. The van der Waals surface area contributed by atoms with Crippen molar-refractivity contribution in [1.82, 2.24) is 14.7 Å². The summed E-state index contributed by atoms with van der Waals surface area (Å²) < 4.78 is 1.78.